The molecule has 0 spiro atoms. The number of carbonyl (C=O) groups is 1. The summed E-state index contributed by atoms with van der Waals surface area (Å²) in [5.74, 6) is 0.707. The molecule has 7 nitrogen and oxygen atoms in total. The van der Waals surface area contributed by atoms with Crippen molar-refractivity contribution < 1.29 is 22.7 Å². The van der Waals surface area contributed by atoms with Gasteiger partial charge in [-0.1, -0.05) is 18.2 Å². The molecule has 0 bridgehead atoms. The molecule has 1 N–H and O–H groups in total. The van der Waals surface area contributed by atoms with E-state index in [2.05, 4.69) is 5.32 Å². The number of anilines is 1. The number of ether oxygens (including phenoxy) is 2. The summed E-state index contributed by atoms with van der Waals surface area (Å²) in [4.78, 5) is 12.2. The van der Waals surface area contributed by atoms with Gasteiger partial charge >= 0.3 is 0 Å². The van der Waals surface area contributed by atoms with Crippen molar-refractivity contribution >= 4 is 21.6 Å². The van der Waals surface area contributed by atoms with Crippen molar-refractivity contribution in [1.82, 2.24) is 4.31 Å². The minimum Gasteiger partial charge on any atom is -0.493 e. The number of hydrogen-bond acceptors (Lipinski definition) is 5. The standard InChI is InChI=1S/C20H26N2O5S/c1-5-26-18-11-10-16(14-19(18)28(24,25)22(3)4)21-20(23)12-13-27-17-9-7-6-8-15(17)2/h6-11,14H,5,12-13H2,1-4H3,(H,21,23). The van der Waals surface area contributed by atoms with Crippen LogP contribution in [-0.2, 0) is 14.8 Å². The number of nitrogens with one attached hydrogen (secondary N) is 1. The summed E-state index contributed by atoms with van der Waals surface area (Å²) in [6.07, 6.45) is 0.136. The molecule has 0 aliphatic carbocycles. The summed E-state index contributed by atoms with van der Waals surface area (Å²) >= 11 is 0. The summed E-state index contributed by atoms with van der Waals surface area (Å²) in [6.45, 7) is 4.26. The lowest BCUT2D eigenvalue weighted by atomic mass is 10.2. The maximum atomic E-state index is 12.5. The first-order chi connectivity index (χ1) is 13.3. The van der Waals surface area contributed by atoms with Crippen LogP contribution in [0.3, 0.4) is 0 Å². The number of amides is 1. The first-order valence-corrected chi connectivity index (χ1v) is 10.4. The molecule has 1 amide bonds. The first-order valence-electron chi connectivity index (χ1n) is 8.93. The molecule has 152 valence electrons. The second-order valence-electron chi connectivity index (χ2n) is 6.29. The Morgan fingerprint density at radius 1 is 1.07 bits per heavy atom. The smallest absolute Gasteiger partial charge is 0.246 e. The second kappa shape index (κ2) is 9.57. The van der Waals surface area contributed by atoms with Crippen molar-refractivity contribution in [2.75, 3.05) is 32.6 Å². The van der Waals surface area contributed by atoms with E-state index < -0.39 is 10.0 Å². The fourth-order valence-electron chi connectivity index (χ4n) is 2.45. The normalized spacial score (nSPS) is 11.3. The van der Waals surface area contributed by atoms with E-state index in [1.807, 2.05) is 31.2 Å². The van der Waals surface area contributed by atoms with Crippen LogP contribution >= 0.6 is 0 Å². The van der Waals surface area contributed by atoms with Gasteiger partial charge in [-0.15, -0.1) is 0 Å². The summed E-state index contributed by atoms with van der Waals surface area (Å²) in [6, 6.07) is 12.1. The maximum Gasteiger partial charge on any atom is 0.246 e. The largest absolute Gasteiger partial charge is 0.493 e. The van der Waals surface area contributed by atoms with Crippen LogP contribution in [0.2, 0.25) is 0 Å². The van der Waals surface area contributed by atoms with E-state index in [0.29, 0.717) is 12.3 Å². The number of benzene rings is 2. The number of sulfonamides is 1. The van der Waals surface area contributed by atoms with Gasteiger partial charge in [-0.25, -0.2) is 12.7 Å². The monoisotopic (exact) mass is 406 g/mol. The molecule has 0 heterocycles. The highest BCUT2D eigenvalue weighted by Gasteiger charge is 2.23. The van der Waals surface area contributed by atoms with Gasteiger partial charge in [0.2, 0.25) is 15.9 Å². The second-order valence-corrected chi connectivity index (χ2v) is 8.41. The quantitative estimate of drug-likeness (QED) is 0.692. The van der Waals surface area contributed by atoms with Crippen molar-refractivity contribution in [3.63, 3.8) is 0 Å². The Bertz CT molecular complexity index is 926. The van der Waals surface area contributed by atoms with Crippen molar-refractivity contribution in [1.29, 1.82) is 0 Å². The molecule has 0 unspecified atom stereocenters. The minimum absolute atomic E-state index is 0.00769. The fraction of sp³-hybridized carbons (Fsp3) is 0.350. The van der Waals surface area contributed by atoms with Crippen LogP contribution in [0.5, 0.6) is 11.5 Å². The summed E-state index contributed by atoms with van der Waals surface area (Å²) in [5, 5.41) is 2.71. The van der Waals surface area contributed by atoms with E-state index in [4.69, 9.17) is 9.47 Å². The molecule has 2 aromatic rings. The predicted molar refractivity (Wildman–Crippen MR) is 108 cm³/mol. The van der Waals surface area contributed by atoms with Crippen LogP contribution in [0.1, 0.15) is 18.9 Å². The molecule has 0 radical (unpaired) electrons. The van der Waals surface area contributed by atoms with E-state index >= 15 is 0 Å². The Morgan fingerprint density at radius 2 is 1.79 bits per heavy atom. The van der Waals surface area contributed by atoms with Crippen LogP contribution in [0, 0.1) is 6.92 Å². The molecule has 0 aliphatic rings. The molecule has 8 heteroatoms. The minimum atomic E-state index is -3.71. The lowest BCUT2D eigenvalue weighted by Crippen LogP contribution is -2.23. The molecule has 0 aliphatic heterocycles. The zero-order valence-corrected chi connectivity index (χ0v) is 17.4. The van der Waals surface area contributed by atoms with E-state index in [0.717, 1.165) is 15.6 Å². The topological polar surface area (TPSA) is 84.9 Å². The predicted octanol–water partition coefficient (Wildman–Crippen LogP) is 3.05. The van der Waals surface area contributed by atoms with Crippen LogP contribution in [0.4, 0.5) is 5.69 Å². The molecule has 28 heavy (non-hydrogen) atoms. The molecule has 2 rings (SSSR count). The number of rotatable bonds is 9. The third-order valence-electron chi connectivity index (χ3n) is 3.97. The Balaban J connectivity index is 2.07. The molecule has 0 aromatic heterocycles. The van der Waals surface area contributed by atoms with Gasteiger partial charge in [-0.3, -0.25) is 4.79 Å². The number of nitrogens with zero attached hydrogens (tertiary/aromatic N) is 1. The van der Waals surface area contributed by atoms with Crippen LogP contribution in [-0.4, -0.2) is 45.9 Å². The summed E-state index contributed by atoms with van der Waals surface area (Å²) in [7, 11) is -0.826. The lowest BCUT2D eigenvalue weighted by molar-refractivity contribution is -0.116. The Hall–Kier alpha value is -2.58. The Labute approximate surface area is 166 Å². The van der Waals surface area contributed by atoms with Gasteiger partial charge in [0.1, 0.15) is 16.4 Å². The van der Waals surface area contributed by atoms with Crippen molar-refractivity contribution in [2.45, 2.75) is 25.2 Å². The van der Waals surface area contributed by atoms with Crippen molar-refractivity contribution in [2.24, 2.45) is 0 Å². The molecule has 0 saturated heterocycles. The van der Waals surface area contributed by atoms with Gasteiger partial charge in [0.25, 0.3) is 0 Å². The number of carbonyl (C=O) groups excluding carboxylic acids is 1. The maximum absolute atomic E-state index is 12.5. The Morgan fingerprint density at radius 3 is 2.43 bits per heavy atom. The highest BCUT2D eigenvalue weighted by molar-refractivity contribution is 7.89. The highest BCUT2D eigenvalue weighted by atomic mass is 32.2. The summed E-state index contributed by atoms with van der Waals surface area (Å²) in [5.41, 5.74) is 1.37. The molecular weight excluding hydrogens is 380 g/mol. The lowest BCUT2D eigenvalue weighted by Gasteiger charge is -2.16. The fourth-order valence-corrected chi connectivity index (χ4v) is 3.50. The highest BCUT2D eigenvalue weighted by Crippen LogP contribution is 2.29. The molecule has 0 fully saturated rings. The third-order valence-corrected chi connectivity index (χ3v) is 5.80. The van der Waals surface area contributed by atoms with Gasteiger partial charge in [-0.05, 0) is 43.7 Å². The SMILES string of the molecule is CCOc1ccc(NC(=O)CCOc2ccccc2C)cc1S(=O)(=O)N(C)C. The number of hydrogen-bond donors (Lipinski definition) is 1. The van der Waals surface area contributed by atoms with E-state index in [-0.39, 0.29) is 29.6 Å². The van der Waals surface area contributed by atoms with Crippen molar-refractivity contribution in [3.05, 3.63) is 48.0 Å². The van der Waals surface area contributed by atoms with Crippen molar-refractivity contribution in [3.8, 4) is 11.5 Å². The van der Waals surface area contributed by atoms with Gasteiger partial charge in [0, 0.05) is 19.8 Å². The third kappa shape index (κ3) is 5.46. The molecule has 0 atom stereocenters. The average Bonchev–Trinajstić information content (AvgIpc) is 2.64. The van der Waals surface area contributed by atoms with Gasteiger partial charge in [-0.2, -0.15) is 0 Å². The van der Waals surface area contributed by atoms with Gasteiger partial charge < -0.3 is 14.8 Å². The van der Waals surface area contributed by atoms with E-state index in [9.17, 15) is 13.2 Å². The first kappa shape index (κ1) is 21.7. The summed E-state index contributed by atoms with van der Waals surface area (Å²) < 4.78 is 37.2. The molecule has 0 saturated carbocycles. The average molecular weight is 407 g/mol. The van der Waals surface area contributed by atoms with Crippen LogP contribution in [0.15, 0.2) is 47.4 Å². The number of para-hydroxylation sites is 1. The van der Waals surface area contributed by atoms with Crippen LogP contribution in [0.25, 0.3) is 0 Å². The van der Waals surface area contributed by atoms with Gasteiger partial charge in [0.15, 0.2) is 0 Å². The molecular formula is C20H26N2O5S. The molecule has 2 aromatic carbocycles. The number of aryl methyl sites for hydroxylation is 1. The van der Waals surface area contributed by atoms with Gasteiger partial charge in [0.05, 0.1) is 19.6 Å². The van der Waals surface area contributed by atoms with Crippen LogP contribution < -0.4 is 14.8 Å². The van der Waals surface area contributed by atoms with E-state index in [1.165, 1.54) is 20.2 Å². The Kier molecular flexibility index (Phi) is 7.42. The zero-order chi connectivity index (χ0) is 20.7. The zero-order valence-electron chi connectivity index (χ0n) is 16.6. The van der Waals surface area contributed by atoms with E-state index in [1.54, 1.807) is 19.1 Å².